The molecule has 1 aromatic heterocycles. The van der Waals surface area contributed by atoms with Crippen molar-refractivity contribution in [1.29, 1.82) is 0 Å². The summed E-state index contributed by atoms with van der Waals surface area (Å²) in [5.74, 6) is 0.0491. The molecule has 1 heterocycles. The van der Waals surface area contributed by atoms with Crippen molar-refractivity contribution in [2.45, 2.75) is 25.8 Å². The minimum atomic E-state index is -2.56. The highest BCUT2D eigenvalue weighted by molar-refractivity contribution is 6.17. The third-order valence-electron chi connectivity index (χ3n) is 2.73. The van der Waals surface area contributed by atoms with E-state index in [4.69, 9.17) is 11.6 Å². The minimum absolute atomic E-state index is 0.0491. The van der Waals surface area contributed by atoms with Crippen LogP contribution in [-0.4, -0.2) is 9.78 Å². The van der Waals surface area contributed by atoms with Crippen molar-refractivity contribution in [1.82, 2.24) is 9.78 Å². The third-order valence-corrected chi connectivity index (χ3v) is 3.01. The predicted molar refractivity (Wildman–Crippen MR) is 67.0 cm³/mol. The summed E-state index contributed by atoms with van der Waals surface area (Å²) in [6.07, 6.45) is -1.16. The molecular formula is C13H13ClF2N2. The summed E-state index contributed by atoms with van der Waals surface area (Å²) in [7, 11) is 0. The molecule has 0 spiro atoms. The van der Waals surface area contributed by atoms with Crippen LogP contribution in [0.25, 0.3) is 0 Å². The molecule has 0 aliphatic carbocycles. The summed E-state index contributed by atoms with van der Waals surface area (Å²) in [6, 6.07) is 7.71. The molecule has 2 nitrogen and oxygen atoms in total. The molecule has 0 bridgehead atoms. The van der Waals surface area contributed by atoms with E-state index in [2.05, 4.69) is 5.10 Å². The summed E-state index contributed by atoms with van der Waals surface area (Å²) in [6.45, 7) is 2.29. The van der Waals surface area contributed by atoms with Crippen LogP contribution in [0.15, 0.2) is 30.5 Å². The van der Waals surface area contributed by atoms with Crippen LogP contribution in [0.3, 0.4) is 0 Å². The number of halogens is 3. The maximum Gasteiger partial charge on any atom is 0.280 e. The molecule has 5 heteroatoms. The molecule has 0 aliphatic rings. The van der Waals surface area contributed by atoms with Gasteiger partial charge in [-0.2, -0.15) is 5.10 Å². The smallest absolute Gasteiger partial charge is 0.259 e. The van der Waals surface area contributed by atoms with Crippen molar-refractivity contribution < 1.29 is 8.78 Å². The first-order chi connectivity index (χ1) is 8.61. The zero-order valence-electron chi connectivity index (χ0n) is 9.91. The first-order valence-corrected chi connectivity index (χ1v) is 6.09. The van der Waals surface area contributed by atoms with Gasteiger partial charge in [0, 0.05) is 5.56 Å². The van der Waals surface area contributed by atoms with Gasteiger partial charge in [0.1, 0.15) is 5.69 Å². The van der Waals surface area contributed by atoms with E-state index in [0.717, 1.165) is 11.1 Å². The van der Waals surface area contributed by atoms with E-state index in [1.54, 1.807) is 0 Å². The van der Waals surface area contributed by atoms with E-state index in [1.807, 2.05) is 31.2 Å². The van der Waals surface area contributed by atoms with E-state index >= 15 is 0 Å². The van der Waals surface area contributed by atoms with Gasteiger partial charge in [0.05, 0.1) is 18.6 Å². The van der Waals surface area contributed by atoms with Gasteiger partial charge in [0.25, 0.3) is 6.43 Å². The molecule has 18 heavy (non-hydrogen) atoms. The van der Waals surface area contributed by atoms with E-state index in [9.17, 15) is 8.78 Å². The van der Waals surface area contributed by atoms with Crippen LogP contribution >= 0.6 is 11.6 Å². The lowest BCUT2D eigenvalue weighted by Crippen LogP contribution is -2.07. The number of aromatic nitrogens is 2. The Morgan fingerprint density at radius 3 is 2.78 bits per heavy atom. The zero-order valence-corrected chi connectivity index (χ0v) is 10.7. The second kappa shape index (κ2) is 5.48. The molecule has 0 saturated heterocycles. The van der Waals surface area contributed by atoms with E-state index < -0.39 is 6.43 Å². The van der Waals surface area contributed by atoms with Gasteiger partial charge in [0.15, 0.2) is 0 Å². The Balaban J connectivity index is 2.32. The fourth-order valence-corrected chi connectivity index (χ4v) is 2.10. The summed E-state index contributed by atoms with van der Waals surface area (Å²) in [4.78, 5) is 0. The van der Waals surface area contributed by atoms with Crippen LogP contribution in [0.2, 0.25) is 0 Å². The van der Waals surface area contributed by atoms with E-state index in [0.29, 0.717) is 12.1 Å². The second-order valence-corrected chi connectivity index (χ2v) is 4.40. The highest BCUT2D eigenvalue weighted by Crippen LogP contribution is 2.24. The molecule has 1 aromatic carbocycles. The lowest BCUT2D eigenvalue weighted by molar-refractivity contribution is 0.139. The van der Waals surface area contributed by atoms with E-state index in [1.165, 1.54) is 10.9 Å². The van der Waals surface area contributed by atoms with Gasteiger partial charge in [-0.25, -0.2) is 8.78 Å². The number of rotatable bonds is 4. The lowest BCUT2D eigenvalue weighted by atomic mass is 10.1. The molecule has 0 atom stereocenters. The third kappa shape index (κ3) is 2.70. The fourth-order valence-electron chi connectivity index (χ4n) is 1.90. The number of alkyl halides is 3. The summed E-state index contributed by atoms with van der Waals surface area (Å²) < 4.78 is 27.3. The maximum atomic E-state index is 13.0. The molecule has 2 aromatic rings. The molecule has 0 radical (unpaired) electrons. The van der Waals surface area contributed by atoms with Crippen molar-refractivity contribution >= 4 is 11.6 Å². The summed E-state index contributed by atoms with van der Waals surface area (Å²) in [5.41, 5.74) is 2.34. The highest BCUT2D eigenvalue weighted by atomic mass is 35.5. The first kappa shape index (κ1) is 13.0. The van der Waals surface area contributed by atoms with Crippen LogP contribution in [0.4, 0.5) is 8.78 Å². The average Bonchev–Trinajstić information content (AvgIpc) is 2.72. The molecule has 0 N–H and O–H groups in total. The van der Waals surface area contributed by atoms with Gasteiger partial charge in [-0.15, -0.1) is 11.6 Å². The topological polar surface area (TPSA) is 17.8 Å². The van der Waals surface area contributed by atoms with Crippen LogP contribution in [0.1, 0.15) is 28.8 Å². The Hall–Kier alpha value is -1.42. The molecule has 0 aliphatic heterocycles. The van der Waals surface area contributed by atoms with Gasteiger partial charge in [0.2, 0.25) is 0 Å². The Labute approximate surface area is 109 Å². The molecular weight excluding hydrogens is 258 g/mol. The molecule has 0 fully saturated rings. The number of hydrogen-bond donors (Lipinski definition) is 0. The summed E-state index contributed by atoms with van der Waals surface area (Å²) >= 11 is 5.63. The van der Waals surface area contributed by atoms with Crippen molar-refractivity contribution in [2.24, 2.45) is 0 Å². The van der Waals surface area contributed by atoms with Crippen molar-refractivity contribution in [3.05, 3.63) is 52.8 Å². The van der Waals surface area contributed by atoms with Crippen molar-refractivity contribution in [3.63, 3.8) is 0 Å². The molecule has 0 amide bonds. The minimum Gasteiger partial charge on any atom is -0.259 e. The standard InChI is InChI=1S/C13H13ClF2N2/c1-9-3-2-4-10(5-9)8-18-12(13(15)16)11(6-14)7-17-18/h2-5,7,13H,6,8H2,1H3. The monoisotopic (exact) mass is 270 g/mol. The second-order valence-electron chi connectivity index (χ2n) is 4.14. The van der Waals surface area contributed by atoms with Crippen LogP contribution < -0.4 is 0 Å². The first-order valence-electron chi connectivity index (χ1n) is 5.56. The lowest BCUT2D eigenvalue weighted by Gasteiger charge is -2.08. The van der Waals surface area contributed by atoms with Crippen molar-refractivity contribution in [2.75, 3.05) is 0 Å². The van der Waals surface area contributed by atoms with Gasteiger partial charge in [-0.1, -0.05) is 29.8 Å². The molecule has 0 saturated carbocycles. The largest absolute Gasteiger partial charge is 0.280 e. The Kier molecular flexibility index (Phi) is 3.97. The number of benzene rings is 1. The highest BCUT2D eigenvalue weighted by Gasteiger charge is 2.19. The predicted octanol–water partition coefficient (Wildman–Crippen LogP) is 3.92. The number of aryl methyl sites for hydroxylation is 1. The Morgan fingerprint density at radius 2 is 2.17 bits per heavy atom. The fraction of sp³-hybridized carbons (Fsp3) is 0.308. The van der Waals surface area contributed by atoms with Crippen molar-refractivity contribution in [3.8, 4) is 0 Å². The number of nitrogens with zero attached hydrogens (tertiary/aromatic N) is 2. The average molecular weight is 271 g/mol. The van der Waals surface area contributed by atoms with Gasteiger partial charge < -0.3 is 0 Å². The Bertz CT molecular complexity index is 538. The van der Waals surface area contributed by atoms with Gasteiger partial charge in [-0.3, -0.25) is 4.68 Å². The van der Waals surface area contributed by atoms with Crippen LogP contribution in [0, 0.1) is 6.92 Å². The van der Waals surface area contributed by atoms with E-state index in [-0.39, 0.29) is 11.6 Å². The molecule has 96 valence electrons. The quantitative estimate of drug-likeness (QED) is 0.770. The SMILES string of the molecule is Cc1cccc(Cn2ncc(CCl)c2C(F)F)c1. The van der Waals surface area contributed by atoms with Crippen LogP contribution in [-0.2, 0) is 12.4 Å². The number of hydrogen-bond acceptors (Lipinski definition) is 1. The summed E-state index contributed by atoms with van der Waals surface area (Å²) in [5, 5.41) is 3.99. The maximum absolute atomic E-state index is 13.0. The van der Waals surface area contributed by atoms with Gasteiger partial charge in [-0.05, 0) is 12.5 Å². The molecule has 2 rings (SSSR count). The van der Waals surface area contributed by atoms with Gasteiger partial charge >= 0.3 is 0 Å². The zero-order chi connectivity index (χ0) is 13.1. The normalized spacial score (nSPS) is 11.2. The van der Waals surface area contributed by atoms with Crippen LogP contribution in [0.5, 0.6) is 0 Å². The molecule has 0 unspecified atom stereocenters. The Morgan fingerprint density at radius 1 is 1.39 bits per heavy atom.